The van der Waals surface area contributed by atoms with Crippen molar-refractivity contribution in [1.29, 1.82) is 0 Å². The van der Waals surface area contributed by atoms with Crippen LogP contribution >= 0.6 is 11.3 Å². The van der Waals surface area contributed by atoms with Crippen LogP contribution in [0.2, 0.25) is 0 Å². The SMILES string of the molecule is COc1ccc(-c2n[nH]c3nccc(-c4ccsc4)c23)cc1N1CCN(C)CC1. The third kappa shape index (κ3) is 3.26. The lowest BCUT2D eigenvalue weighted by Crippen LogP contribution is -2.44. The van der Waals surface area contributed by atoms with Crippen molar-refractivity contribution < 1.29 is 4.74 Å². The molecular weight excluding hydrogens is 382 g/mol. The molecule has 0 bridgehead atoms. The number of likely N-dealkylation sites (N-methyl/N-ethyl adjacent to an activating group) is 1. The topological polar surface area (TPSA) is 57.3 Å². The number of nitrogens with zero attached hydrogens (tertiary/aromatic N) is 4. The third-order valence-electron chi connectivity index (χ3n) is 5.59. The number of methoxy groups -OCH3 is 1. The maximum absolute atomic E-state index is 5.67. The van der Waals surface area contributed by atoms with Crippen LogP contribution in [0.15, 0.2) is 47.3 Å². The van der Waals surface area contributed by atoms with E-state index in [4.69, 9.17) is 4.74 Å². The fourth-order valence-corrected chi connectivity index (χ4v) is 4.61. The quantitative estimate of drug-likeness (QED) is 0.554. The number of pyridine rings is 1. The molecule has 0 radical (unpaired) electrons. The maximum atomic E-state index is 5.67. The molecule has 1 aromatic carbocycles. The van der Waals surface area contributed by atoms with Gasteiger partial charge in [0.1, 0.15) is 11.4 Å². The van der Waals surface area contributed by atoms with E-state index in [2.05, 4.69) is 67.1 Å². The zero-order valence-corrected chi connectivity index (χ0v) is 17.4. The molecule has 0 saturated carbocycles. The maximum Gasteiger partial charge on any atom is 0.156 e. The number of fused-ring (bicyclic) bond motifs is 1. The Morgan fingerprint density at radius 1 is 1.07 bits per heavy atom. The first-order chi connectivity index (χ1) is 14.2. The number of thiophene rings is 1. The van der Waals surface area contributed by atoms with E-state index in [1.807, 2.05) is 12.3 Å². The molecule has 29 heavy (non-hydrogen) atoms. The number of H-pyrrole nitrogens is 1. The number of ether oxygens (including phenoxy) is 1. The van der Waals surface area contributed by atoms with Crippen LogP contribution < -0.4 is 9.64 Å². The fraction of sp³-hybridized carbons (Fsp3) is 0.273. The first-order valence-corrected chi connectivity index (χ1v) is 10.7. The molecule has 0 spiro atoms. The molecule has 3 aromatic heterocycles. The molecule has 4 heterocycles. The Morgan fingerprint density at radius 3 is 2.69 bits per heavy atom. The van der Waals surface area contributed by atoms with Crippen LogP contribution in [0.4, 0.5) is 5.69 Å². The van der Waals surface area contributed by atoms with E-state index in [9.17, 15) is 0 Å². The number of piperazine rings is 1. The average Bonchev–Trinajstić information content (AvgIpc) is 3.44. The molecule has 0 amide bonds. The van der Waals surface area contributed by atoms with Crippen LogP contribution in [0, 0.1) is 0 Å². The minimum atomic E-state index is 0.806. The second kappa shape index (κ2) is 7.50. The van der Waals surface area contributed by atoms with E-state index in [0.29, 0.717) is 0 Å². The number of anilines is 1. The van der Waals surface area contributed by atoms with Gasteiger partial charge in [-0.1, -0.05) is 0 Å². The highest BCUT2D eigenvalue weighted by Crippen LogP contribution is 2.38. The van der Waals surface area contributed by atoms with Crippen LogP contribution in [-0.2, 0) is 0 Å². The highest BCUT2D eigenvalue weighted by Gasteiger charge is 2.20. The van der Waals surface area contributed by atoms with Crippen LogP contribution in [0.1, 0.15) is 0 Å². The number of aromatic nitrogens is 3. The number of rotatable bonds is 4. The molecule has 1 aliphatic rings. The summed E-state index contributed by atoms with van der Waals surface area (Å²) < 4.78 is 5.67. The van der Waals surface area contributed by atoms with Crippen molar-refractivity contribution in [2.24, 2.45) is 0 Å². The minimum Gasteiger partial charge on any atom is -0.495 e. The smallest absolute Gasteiger partial charge is 0.156 e. The van der Waals surface area contributed by atoms with Gasteiger partial charge in [-0.3, -0.25) is 5.10 Å². The van der Waals surface area contributed by atoms with Gasteiger partial charge in [0.2, 0.25) is 0 Å². The molecule has 0 unspecified atom stereocenters. The highest BCUT2D eigenvalue weighted by molar-refractivity contribution is 7.08. The molecule has 0 aliphatic carbocycles. The van der Waals surface area contributed by atoms with Crippen molar-refractivity contribution in [2.75, 3.05) is 45.2 Å². The Morgan fingerprint density at radius 2 is 1.93 bits per heavy atom. The predicted molar refractivity (Wildman–Crippen MR) is 119 cm³/mol. The predicted octanol–water partition coefficient (Wildman–Crippen LogP) is 4.11. The molecule has 1 saturated heterocycles. The average molecular weight is 406 g/mol. The number of hydrogen-bond acceptors (Lipinski definition) is 6. The second-order valence-corrected chi connectivity index (χ2v) is 8.12. The summed E-state index contributed by atoms with van der Waals surface area (Å²) in [4.78, 5) is 9.25. The first kappa shape index (κ1) is 18.1. The lowest BCUT2D eigenvalue weighted by atomic mass is 10.0. The van der Waals surface area contributed by atoms with E-state index < -0.39 is 0 Å². The Balaban J connectivity index is 1.63. The summed E-state index contributed by atoms with van der Waals surface area (Å²) in [6, 6.07) is 10.5. The van der Waals surface area contributed by atoms with E-state index in [1.54, 1.807) is 18.4 Å². The molecule has 7 heteroatoms. The van der Waals surface area contributed by atoms with E-state index in [0.717, 1.165) is 65.5 Å². The van der Waals surface area contributed by atoms with Crippen molar-refractivity contribution in [3.05, 3.63) is 47.3 Å². The zero-order valence-electron chi connectivity index (χ0n) is 16.6. The number of benzene rings is 1. The standard InChI is InChI=1S/C22H23N5OS/c1-26-8-10-27(11-9-26)18-13-15(3-4-19(18)28-2)21-20-17(16-6-12-29-14-16)5-7-23-22(20)25-24-21/h3-7,12-14H,8-11H2,1-2H3,(H,23,24,25). The van der Waals surface area contributed by atoms with Gasteiger partial charge in [-0.15, -0.1) is 0 Å². The van der Waals surface area contributed by atoms with Gasteiger partial charge < -0.3 is 14.5 Å². The fourth-order valence-electron chi connectivity index (χ4n) is 3.95. The summed E-state index contributed by atoms with van der Waals surface area (Å²) >= 11 is 1.70. The van der Waals surface area contributed by atoms with Crippen LogP contribution in [0.25, 0.3) is 33.4 Å². The van der Waals surface area contributed by atoms with Crippen molar-refractivity contribution in [3.63, 3.8) is 0 Å². The second-order valence-electron chi connectivity index (χ2n) is 7.34. The molecule has 0 atom stereocenters. The first-order valence-electron chi connectivity index (χ1n) is 9.72. The van der Waals surface area contributed by atoms with Gasteiger partial charge in [0.15, 0.2) is 5.65 Å². The van der Waals surface area contributed by atoms with Crippen molar-refractivity contribution in [2.45, 2.75) is 0 Å². The molecule has 148 valence electrons. The lowest BCUT2D eigenvalue weighted by molar-refractivity contribution is 0.311. The molecule has 1 N–H and O–H groups in total. The van der Waals surface area contributed by atoms with E-state index in [1.165, 1.54) is 5.56 Å². The summed E-state index contributed by atoms with van der Waals surface area (Å²) in [5.41, 5.74) is 6.26. The molecule has 6 nitrogen and oxygen atoms in total. The van der Waals surface area contributed by atoms with Crippen molar-refractivity contribution in [3.8, 4) is 28.1 Å². The van der Waals surface area contributed by atoms with Gasteiger partial charge in [-0.05, 0) is 59.3 Å². The van der Waals surface area contributed by atoms with Gasteiger partial charge in [0.05, 0.1) is 18.2 Å². The van der Waals surface area contributed by atoms with Gasteiger partial charge in [-0.2, -0.15) is 16.4 Å². The monoisotopic (exact) mass is 405 g/mol. The van der Waals surface area contributed by atoms with E-state index in [-0.39, 0.29) is 0 Å². The van der Waals surface area contributed by atoms with E-state index >= 15 is 0 Å². The Hall–Kier alpha value is -2.90. The minimum absolute atomic E-state index is 0.806. The van der Waals surface area contributed by atoms with Crippen LogP contribution in [0.5, 0.6) is 5.75 Å². The molecule has 5 rings (SSSR count). The van der Waals surface area contributed by atoms with Crippen molar-refractivity contribution in [1.82, 2.24) is 20.1 Å². The third-order valence-corrected chi connectivity index (χ3v) is 6.27. The molecule has 1 aliphatic heterocycles. The van der Waals surface area contributed by atoms with Crippen molar-refractivity contribution >= 4 is 28.1 Å². The largest absolute Gasteiger partial charge is 0.495 e. The summed E-state index contributed by atoms with van der Waals surface area (Å²) in [5, 5.41) is 13.1. The normalized spacial score (nSPS) is 15.2. The summed E-state index contributed by atoms with van der Waals surface area (Å²) in [6.07, 6.45) is 1.83. The Labute approximate surface area is 173 Å². The molecule has 4 aromatic rings. The van der Waals surface area contributed by atoms with Gasteiger partial charge in [0, 0.05) is 37.9 Å². The summed E-state index contributed by atoms with van der Waals surface area (Å²) in [5.74, 6) is 0.898. The van der Waals surface area contributed by atoms with Gasteiger partial charge >= 0.3 is 0 Å². The van der Waals surface area contributed by atoms with Gasteiger partial charge in [0.25, 0.3) is 0 Å². The lowest BCUT2D eigenvalue weighted by Gasteiger charge is -2.34. The van der Waals surface area contributed by atoms with Gasteiger partial charge in [-0.25, -0.2) is 4.98 Å². The molecule has 1 fully saturated rings. The summed E-state index contributed by atoms with van der Waals surface area (Å²) in [6.45, 7) is 4.06. The highest BCUT2D eigenvalue weighted by atomic mass is 32.1. The zero-order chi connectivity index (χ0) is 19.8. The Kier molecular flexibility index (Phi) is 4.69. The number of aromatic amines is 1. The summed E-state index contributed by atoms with van der Waals surface area (Å²) in [7, 11) is 3.90. The Bertz CT molecular complexity index is 1130. The van der Waals surface area contributed by atoms with Crippen LogP contribution in [-0.4, -0.2) is 60.4 Å². The number of nitrogens with one attached hydrogen (secondary N) is 1. The number of hydrogen-bond donors (Lipinski definition) is 1. The molecular formula is C22H23N5OS. The van der Waals surface area contributed by atoms with Crippen LogP contribution in [0.3, 0.4) is 0 Å².